The highest BCUT2D eigenvalue weighted by Crippen LogP contribution is 2.29. The zero-order valence-corrected chi connectivity index (χ0v) is 12.8. The van der Waals surface area contributed by atoms with Crippen LogP contribution in [0.2, 0.25) is 0 Å². The van der Waals surface area contributed by atoms with Crippen LogP contribution < -0.4 is 5.73 Å². The maximum Gasteiger partial charge on any atom is 0.147 e. The van der Waals surface area contributed by atoms with E-state index in [1.54, 1.807) is 13.0 Å². The third-order valence-corrected chi connectivity index (χ3v) is 3.77. The van der Waals surface area contributed by atoms with Gasteiger partial charge in [0.2, 0.25) is 0 Å². The molecule has 1 atom stereocenters. The number of hydrogen-bond donors (Lipinski definition) is 1. The average Bonchev–Trinajstić information content (AvgIpc) is 2.50. The fraction of sp³-hybridized carbons (Fsp3) is 0.222. The van der Waals surface area contributed by atoms with E-state index >= 15 is 0 Å². The van der Waals surface area contributed by atoms with Crippen molar-refractivity contribution in [1.29, 1.82) is 10.5 Å². The second-order valence-corrected chi connectivity index (χ2v) is 5.21. The van der Waals surface area contributed by atoms with E-state index in [4.69, 9.17) is 15.7 Å². The van der Waals surface area contributed by atoms with Crippen molar-refractivity contribution in [3.8, 4) is 12.1 Å². The molecule has 1 unspecified atom stereocenters. The second kappa shape index (κ2) is 6.20. The van der Waals surface area contributed by atoms with Crippen molar-refractivity contribution >= 4 is 6.08 Å². The Balaban J connectivity index is 2.39. The third kappa shape index (κ3) is 2.87. The highest BCUT2D eigenvalue weighted by atomic mass is 16.5. The Hall–Kier alpha value is -2.98. The first kappa shape index (κ1) is 15.4. The van der Waals surface area contributed by atoms with Gasteiger partial charge in [-0.1, -0.05) is 18.2 Å². The molecule has 1 aliphatic rings. The number of nitrogens with two attached hydrogens (primary N) is 1. The Labute approximate surface area is 130 Å². The van der Waals surface area contributed by atoms with Crippen LogP contribution >= 0.6 is 0 Å². The monoisotopic (exact) mass is 291 g/mol. The van der Waals surface area contributed by atoms with Gasteiger partial charge in [0.15, 0.2) is 0 Å². The first-order valence-corrected chi connectivity index (χ1v) is 6.91. The fourth-order valence-electron chi connectivity index (χ4n) is 2.28. The molecule has 0 bridgehead atoms. The van der Waals surface area contributed by atoms with Crippen molar-refractivity contribution in [3.63, 3.8) is 0 Å². The summed E-state index contributed by atoms with van der Waals surface area (Å²) < 4.78 is 5.60. The molecule has 0 amide bonds. The van der Waals surface area contributed by atoms with Crippen LogP contribution in [0.3, 0.4) is 0 Å². The highest BCUT2D eigenvalue weighted by Gasteiger charge is 2.23. The van der Waals surface area contributed by atoms with Crippen molar-refractivity contribution in [2.24, 2.45) is 11.7 Å². The van der Waals surface area contributed by atoms with Crippen LogP contribution in [0, 0.1) is 42.4 Å². The van der Waals surface area contributed by atoms with Crippen molar-refractivity contribution in [3.05, 3.63) is 63.8 Å². The molecular weight excluding hydrogens is 274 g/mol. The van der Waals surface area contributed by atoms with Gasteiger partial charge in [0.05, 0.1) is 23.4 Å². The van der Waals surface area contributed by atoms with Gasteiger partial charge in [-0.3, -0.25) is 0 Å². The highest BCUT2D eigenvalue weighted by molar-refractivity contribution is 5.61. The van der Waals surface area contributed by atoms with Gasteiger partial charge in [-0.15, -0.1) is 0 Å². The lowest BCUT2D eigenvalue weighted by Crippen LogP contribution is -2.14. The maximum absolute atomic E-state index is 9.18. The lowest BCUT2D eigenvalue weighted by molar-refractivity contribution is 0.298. The molecule has 1 heterocycles. The topological polar surface area (TPSA) is 82.8 Å². The number of ether oxygens (including phenoxy) is 1. The summed E-state index contributed by atoms with van der Waals surface area (Å²) in [4.78, 5) is 0. The van der Waals surface area contributed by atoms with E-state index in [0.29, 0.717) is 22.8 Å². The van der Waals surface area contributed by atoms with Crippen LogP contribution in [-0.2, 0) is 4.74 Å². The summed E-state index contributed by atoms with van der Waals surface area (Å²) in [5.41, 5.74) is 10.2. The van der Waals surface area contributed by atoms with Crippen LogP contribution in [-0.4, -0.2) is 0 Å². The lowest BCUT2D eigenvalue weighted by atomic mass is 9.96. The molecule has 2 rings (SSSR count). The van der Waals surface area contributed by atoms with Gasteiger partial charge in [-0.25, -0.2) is 0 Å². The largest absolute Gasteiger partial charge is 0.459 e. The van der Waals surface area contributed by atoms with E-state index in [1.165, 1.54) is 5.56 Å². The number of rotatable bonds is 2. The first-order chi connectivity index (χ1) is 10.5. The summed E-state index contributed by atoms with van der Waals surface area (Å²) in [5, 5.41) is 18.3. The summed E-state index contributed by atoms with van der Waals surface area (Å²) >= 11 is 0. The minimum Gasteiger partial charge on any atom is -0.459 e. The Morgan fingerprint density at radius 2 is 2.00 bits per heavy atom. The Morgan fingerprint density at radius 1 is 1.27 bits per heavy atom. The molecule has 2 N–H and O–H groups in total. The standard InChI is InChI=1S/C18H17N3O/c1-11-5-4-6-14(12(11)2)7-17(21)18-8-15(9-19)16(10-20)13(3)22-18/h4-8,15H,21H2,1-3H3. The van der Waals surface area contributed by atoms with Gasteiger partial charge in [0.25, 0.3) is 0 Å². The minimum atomic E-state index is -0.626. The van der Waals surface area contributed by atoms with Gasteiger partial charge < -0.3 is 10.5 Å². The summed E-state index contributed by atoms with van der Waals surface area (Å²) in [6.07, 6.45) is 3.41. The van der Waals surface area contributed by atoms with Crippen molar-refractivity contribution in [2.45, 2.75) is 20.8 Å². The predicted molar refractivity (Wildman–Crippen MR) is 84.7 cm³/mol. The zero-order chi connectivity index (χ0) is 16.3. The molecule has 1 aromatic rings. The van der Waals surface area contributed by atoms with Crippen LogP contribution in [0.15, 0.2) is 47.1 Å². The summed E-state index contributed by atoms with van der Waals surface area (Å²) in [6.45, 7) is 5.74. The van der Waals surface area contributed by atoms with Crippen molar-refractivity contribution < 1.29 is 4.74 Å². The van der Waals surface area contributed by atoms with Crippen LogP contribution in [0.4, 0.5) is 0 Å². The SMILES string of the molecule is CC1=C(C#N)C(C#N)C=C(C(N)=Cc2cccc(C)c2C)O1. The third-order valence-electron chi connectivity index (χ3n) is 3.77. The van der Waals surface area contributed by atoms with E-state index in [2.05, 4.69) is 6.07 Å². The molecule has 0 saturated heterocycles. The summed E-state index contributed by atoms with van der Waals surface area (Å²) in [5.74, 6) is 0.215. The van der Waals surface area contributed by atoms with Crippen LogP contribution in [0.25, 0.3) is 6.08 Å². The van der Waals surface area contributed by atoms with E-state index in [-0.39, 0.29) is 0 Å². The number of nitrogens with zero attached hydrogens (tertiary/aromatic N) is 2. The molecule has 0 spiro atoms. The predicted octanol–water partition coefficient (Wildman–Crippen LogP) is 3.45. The van der Waals surface area contributed by atoms with Gasteiger partial charge in [-0.05, 0) is 49.6 Å². The molecule has 110 valence electrons. The van der Waals surface area contributed by atoms with Gasteiger partial charge in [-0.2, -0.15) is 10.5 Å². The smallest absolute Gasteiger partial charge is 0.147 e. The van der Waals surface area contributed by atoms with Gasteiger partial charge in [0, 0.05) is 0 Å². The Kier molecular flexibility index (Phi) is 4.34. The molecule has 0 saturated carbocycles. The average molecular weight is 291 g/mol. The zero-order valence-electron chi connectivity index (χ0n) is 12.8. The fourth-order valence-corrected chi connectivity index (χ4v) is 2.28. The van der Waals surface area contributed by atoms with Crippen molar-refractivity contribution in [1.82, 2.24) is 0 Å². The number of nitriles is 2. The Bertz CT molecular complexity index is 786. The maximum atomic E-state index is 9.18. The first-order valence-electron chi connectivity index (χ1n) is 6.91. The second-order valence-electron chi connectivity index (χ2n) is 5.21. The molecule has 0 radical (unpaired) electrons. The summed E-state index contributed by atoms with van der Waals surface area (Å²) in [6, 6.07) is 10.1. The van der Waals surface area contributed by atoms with E-state index in [1.807, 2.05) is 44.2 Å². The van der Waals surface area contributed by atoms with E-state index in [9.17, 15) is 5.26 Å². The molecule has 1 aromatic carbocycles. The van der Waals surface area contributed by atoms with Crippen LogP contribution in [0.5, 0.6) is 0 Å². The quantitative estimate of drug-likeness (QED) is 0.904. The number of hydrogen-bond acceptors (Lipinski definition) is 4. The van der Waals surface area contributed by atoms with Crippen LogP contribution in [0.1, 0.15) is 23.6 Å². The number of allylic oxidation sites excluding steroid dienone is 3. The van der Waals surface area contributed by atoms with E-state index < -0.39 is 5.92 Å². The molecule has 1 aliphatic heterocycles. The molecule has 0 aliphatic carbocycles. The number of benzene rings is 1. The lowest BCUT2D eigenvalue weighted by Gasteiger charge is -2.19. The molecule has 4 nitrogen and oxygen atoms in total. The summed E-state index contributed by atoms with van der Waals surface area (Å²) in [7, 11) is 0. The number of aryl methyl sites for hydroxylation is 1. The van der Waals surface area contributed by atoms with Crippen molar-refractivity contribution in [2.75, 3.05) is 0 Å². The van der Waals surface area contributed by atoms with E-state index in [0.717, 1.165) is 11.1 Å². The molecule has 4 heteroatoms. The minimum absolute atomic E-state index is 0.325. The van der Waals surface area contributed by atoms with Gasteiger partial charge >= 0.3 is 0 Å². The van der Waals surface area contributed by atoms with Gasteiger partial charge in [0.1, 0.15) is 17.4 Å². The molecule has 0 fully saturated rings. The Morgan fingerprint density at radius 3 is 2.64 bits per heavy atom. The molecule has 22 heavy (non-hydrogen) atoms. The molecular formula is C18H17N3O. The normalized spacial score (nSPS) is 18.1. The molecule has 0 aromatic heterocycles.